The third kappa shape index (κ3) is 2.74. The zero-order chi connectivity index (χ0) is 11.7. The van der Waals surface area contributed by atoms with Gasteiger partial charge < -0.3 is 14.2 Å². The summed E-state index contributed by atoms with van der Waals surface area (Å²) in [6.45, 7) is 2.07. The summed E-state index contributed by atoms with van der Waals surface area (Å²) in [6.07, 6.45) is 0.0607. The van der Waals surface area contributed by atoms with E-state index < -0.39 is 24.1 Å². The number of esters is 2. The molecule has 0 aliphatic carbocycles. The van der Waals surface area contributed by atoms with Crippen molar-refractivity contribution in [2.75, 3.05) is 13.2 Å². The number of carbonyl (C=O) groups is 3. The molecule has 2 saturated heterocycles. The molecule has 2 fully saturated rings. The van der Waals surface area contributed by atoms with E-state index >= 15 is 0 Å². The molecule has 2 unspecified atom stereocenters. The van der Waals surface area contributed by atoms with Crippen molar-refractivity contribution in [3.05, 3.63) is 11.6 Å². The Balaban J connectivity index is 1.87. The Morgan fingerprint density at radius 1 is 1.19 bits per heavy atom. The van der Waals surface area contributed by atoms with Crippen molar-refractivity contribution in [3.8, 4) is 0 Å². The number of carbonyl (C=O) groups excluding carboxylic acids is 3. The van der Waals surface area contributed by atoms with Crippen molar-refractivity contribution in [2.45, 2.75) is 19.1 Å². The smallest absolute Gasteiger partial charge is 0.345 e. The quantitative estimate of drug-likeness (QED) is 0.274. The van der Waals surface area contributed by atoms with Crippen molar-refractivity contribution in [1.29, 1.82) is 0 Å². The molecule has 2 heterocycles. The minimum Gasteiger partial charge on any atom is -0.388 e. The molecule has 86 valence electrons. The molecule has 2 aliphatic rings. The van der Waals surface area contributed by atoms with Crippen molar-refractivity contribution < 1.29 is 28.6 Å². The van der Waals surface area contributed by atoms with Crippen molar-refractivity contribution >= 4 is 17.7 Å². The Bertz CT molecular complexity index is 375. The number of hydrogen-bond donors (Lipinski definition) is 0. The molecular weight excluding hydrogens is 216 g/mol. The van der Waals surface area contributed by atoms with Crippen LogP contribution >= 0.6 is 0 Å². The van der Waals surface area contributed by atoms with Gasteiger partial charge in [0.15, 0.2) is 11.9 Å². The second-order valence-corrected chi connectivity index (χ2v) is 3.58. The van der Waals surface area contributed by atoms with Crippen molar-refractivity contribution in [3.63, 3.8) is 0 Å². The van der Waals surface area contributed by atoms with E-state index in [9.17, 15) is 14.4 Å². The van der Waals surface area contributed by atoms with Crippen LogP contribution in [0.1, 0.15) is 6.92 Å². The van der Waals surface area contributed by atoms with Crippen LogP contribution in [0.4, 0.5) is 0 Å². The van der Waals surface area contributed by atoms with Crippen molar-refractivity contribution in [2.24, 2.45) is 0 Å². The second-order valence-electron chi connectivity index (χ2n) is 3.58. The molecule has 2 rings (SSSR count). The number of epoxide rings is 2. The summed E-state index contributed by atoms with van der Waals surface area (Å²) >= 11 is 0. The first-order chi connectivity index (χ1) is 7.58. The molecule has 0 radical (unpaired) electrons. The molecule has 2 aliphatic heterocycles. The largest absolute Gasteiger partial charge is 0.388 e. The Morgan fingerprint density at radius 3 is 2.25 bits per heavy atom. The van der Waals surface area contributed by atoms with E-state index in [2.05, 4.69) is 9.47 Å². The predicted octanol–water partition coefficient (Wildman–Crippen LogP) is -0.631. The van der Waals surface area contributed by atoms with E-state index in [1.165, 1.54) is 6.92 Å². The lowest BCUT2D eigenvalue weighted by Crippen LogP contribution is -2.18. The van der Waals surface area contributed by atoms with Gasteiger partial charge in [-0.1, -0.05) is 0 Å². The van der Waals surface area contributed by atoms with Crippen LogP contribution in [-0.2, 0) is 28.6 Å². The highest BCUT2D eigenvalue weighted by atomic mass is 16.6. The third-order valence-electron chi connectivity index (χ3n) is 2.12. The van der Waals surface area contributed by atoms with Crippen LogP contribution in [0.25, 0.3) is 0 Å². The van der Waals surface area contributed by atoms with Gasteiger partial charge in [-0.15, -0.1) is 0 Å². The molecule has 0 aromatic carbocycles. The normalized spacial score (nSPS) is 27.2. The average Bonchev–Trinajstić information content (AvgIpc) is 3.05. The Kier molecular flexibility index (Phi) is 2.84. The number of rotatable bonds is 4. The number of hydrogen-bond acceptors (Lipinski definition) is 6. The average molecular weight is 226 g/mol. The summed E-state index contributed by atoms with van der Waals surface area (Å²) in [5, 5.41) is 0. The van der Waals surface area contributed by atoms with Gasteiger partial charge in [0.1, 0.15) is 6.10 Å². The van der Waals surface area contributed by atoms with Crippen LogP contribution < -0.4 is 0 Å². The van der Waals surface area contributed by atoms with Crippen LogP contribution in [0, 0.1) is 0 Å². The standard InChI is InChI=1S/C10H10O6/c1-5(2-6(11)7-3-14-7)9(12)16-10(13)8-4-15-8/h2,7-8H,3-4H2,1H3. The fraction of sp³-hybridized carbons (Fsp3) is 0.500. The molecule has 0 N–H and O–H groups in total. The van der Waals surface area contributed by atoms with E-state index in [1.807, 2.05) is 0 Å². The van der Waals surface area contributed by atoms with E-state index in [1.54, 1.807) is 0 Å². The Hall–Kier alpha value is -1.53. The predicted molar refractivity (Wildman–Crippen MR) is 49.3 cm³/mol. The lowest BCUT2D eigenvalue weighted by molar-refractivity contribution is -0.157. The minimum atomic E-state index is -0.825. The fourth-order valence-corrected chi connectivity index (χ4v) is 0.999. The highest BCUT2D eigenvalue weighted by Crippen LogP contribution is 2.14. The molecule has 0 saturated carbocycles. The van der Waals surface area contributed by atoms with Gasteiger partial charge in [-0.05, 0) is 13.0 Å². The lowest BCUT2D eigenvalue weighted by Gasteiger charge is -2.00. The van der Waals surface area contributed by atoms with Crippen LogP contribution in [0.3, 0.4) is 0 Å². The van der Waals surface area contributed by atoms with E-state index in [0.717, 1.165) is 6.08 Å². The molecule has 2 atom stereocenters. The highest BCUT2D eigenvalue weighted by Gasteiger charge is 2.35. The van der Waals surface area contributed by atoms with Gasteiger partial charge in [0.2, 0.25) is 0 Å². The molecule has 6 heteroatoms. The van der Waals surface area contributed by atoms with Gasteiger partial charge >= 0.3 is 11.9 Å². The zero-order valence-electron chi connectivity index (χ0n) is 8.60. The van der Waals surface area contributed by atoms with Crippen molar-refractivity contribution in [1.82, 2.24) is 0 Å². The summed E-state index contributed by atoms with van der Waals surface area (Å²) in [4.78, 5) is 33.6. The van der Waals surface area contributed by atoms with Gasteiger partial charge in [0.25, 0.3) is 0 Å². The maximum Gasteiger partial charge on any atom is 0.345 e. The van der Waals surface area contributed by atoms with Crippen LogP contribution in [0.5, 0.6) is 0 Å². The monoisotopic (exact) mass is 226 g/mol. The van der Waals surface area contributed by atoms with Gasteiger partial charge in [-0.3, -0.25) is 4.79 Å². The van der Waals surface area contributed by atoms with E-state index in [-0.39, 0.29) is 18.0 Å². The maximum absolute atomic E-state index is 11.3. The minimum absolute atomic E-state index is 0.0782. The summed E-state index contributed by atoms with van der Waals surface area (Å²) in [6, 6.07) is 0. The van der Waals surface area contributed by atoms with Crippen LogP contribution in [-0.4, -0.2) is 43.1 Å². The fourth-order valence-electron chi connectivity index (χ4n) is 0.999. The molecule has 0 bridgehead atoms. The van der Waals surface area contributed by atoms with E-state index in [0.29, 0.717) is 6.61 Å². The summed E-state index contributed by atoms with van der Waals surface area (Å²) in [5.41, 5.74) is 0.0782. The maximum atomic E-state index is 11.3. The first-order valence-electron chi connectivity index (χ1n) is 4.79. The van der Waals surface area contributed by atoms with E-state index in [4.69, 9.17) is 4.74 Å². The summed E-state index contributed by atoms with van der Waals surface area (Å²) in [5.74, 6) is -1.83. The number of ketones is 1. The molecule has 6 nitrogen and oxygen atoms in total. The Morgan fingerprint density at radius 2 is 1.75 bits per heavy atom. The first kappa shape index (κ1) is 11.0. The third-order valence-corrected chi connectivity index (χ3v) is 2.12. The number of ether oxygens (including phenoxy) is 3. The Labute approximate surface area is 91.1 Å². The zero-order valence-corrected chi connectivity index (χ0v) is 8.60. The molecule has 0 aromatic heterocycles. The van der Waals surface area contributed by atoms with Gasteiger partial charge in [0, 0.05) is 5.57 Å². The SMILES string of the molecule is CC(=CC(=O)C1CO1)C(=O)OC(=O)C1CO1. The topological polar surface area (TPSA) is 85.5 Å². The molecule has 0 aromatic rings. The van der Waals surface area contributed by atoms with Gasteiger partial charge in [-0.25, -0.2) is 9.59 Å². The van der Waals surface area contributed by atoms with Crippen LogP contribution in [0.2, 0.25) is 0 Å². The molecule has 0 amide bonds. The second kappa shape index (κ2) is 4.15. The highest BCUT2D eigenvalue weighted by molar-refractivity contribution is 6.04. The summed E-state index contributed by atoms with van der Waals surface area (Å²) in [7, 11) is 0. The van der Waals surface area contributed by atoms with Gasteiger partial charge in [-0.2, -0.15) is 0 Å². The molecular formula is C10H10O6. The van der Waals surface area contributed by atoms with Crippen LogP contribution in [0.15, 0.2) is 11.6 Å². The van der Waals surface area contributed by atoms with Gasteiger partial charge in [0.05, 0.1) is 13.2 Å². The molecule has 0 spiro atoms. The summed E-state index contributed by atoms with van der Waals surface area (Å²) < 4.78 is 13.9. The lowest BCUT2D eigenvalue weighted by atomic mass is 10.2. The first-order valence-corrected chi connectivity index (χ1v) is 4.79. The molecule has 16 heavy (non-hydrogen) atoms.